The molecule has 17 heavy (non-hydrogen) atoms. The molecule has 0 radical (unpaired) electrons. The van der Waals surface area contributed by atoms with Crippen LogP contribution in [0.15, 0.2) is 0 Å². The fourth-order valence-corrected chi connectivity index (χ4v) is 2.53. The number of amides is 1. The Morgan fingerprint density at radius 1 is 1.29 bits per heavy atom. The van der Waals surface area contributed by atoms with Crippen molar-refractivity contribution in [2.45, 2.75) is 56.6 Å². The Balaban J connectivity index is 1.89. The van der Waals surface area contributed by atoms with Gasteiger partial charge in [0.1, 0.15) is 6.10 Å². The molecule has 1 aliphatic carbocycles. The van der Waals surface area contributed by atoms with Gasteiger partial charge in [0, 0.05) is 6.61 Å². The minimum absolute atomic E-state index is 0.0193. The van der Waals surface area contributed by atoms with Crippen molar-refractivity contribution in [2.24, 2.45) is 0 Å². The molecule has 2 fully saturated rings. The van der Waals surface area contributed by atoms with Crippen molar-refractivity contribution in [1.82, 2.24) is 5.32 Å². The summed E-state index contributed by atoms with van der Waals surface area (Å²) in [5.41, 5.74) is -0.510. The van der Waals surface area contributed by atoms with Gasteiger partial charge in [-0.15, -0.1) is 0 Å². The van der Waals surface area contributed by atoms with Gasteiger partial charge < -0.3 is 15.2 Å². The smallest absolute Gasteiger partial charge is 0.305 e. The maximum absolute atomic E-state index is 12.0. The van der Waals surface area contributed by atoms with E-state index in [4.69, 9.17) is 9.84 Å². The number of rotatable bonds is 4. The summed E-state index contributed by atoms with van der Waals surface area (Å²) < 4.78 is 5.40. The van der Waals surface area contributed by atoms with Gasteiger partial charge >= 0.3 is 5.97 Å². The van der Waals surface area contributed by atoms with Gasteiger partial charge in [-0.05, 0) is 38.5 Å². The van der Waals surface area contributed by atoms with E-state index in [-0.39, 0.29) is 18.4 Å². The molecule has 1 atom stereocenters. The minimum Gasteiger partial charge on any atom is -0.481 e. The normalized spacial score (nSPS) is 26.9. The molecule has 2 N–H and O–H groups in total. The number of nitrogens with one attached hydrogen (secondary N) is 1. The first kappa shape index (κ1) is 12.4. The fourth-order valence-electron chi connectivity index (χ4n) is 2.53. The molecule has 0 aromatic rings. The van der Waals surface area contributed by atoms with Crippen LogP contribution in [0.1, 0.15) is 44.9 Å². The van der Waals surface area contributed by atoms with E-state index < -0.39 is 11.5 Å². The van der Waals surface area contributed by atoms with Crippen molar-refractivity contribution >= 4 is 11.9 Å². The summed E-state index contributed by atoms with van der Waals surface area (Å²) in [5, 5.41) is 11.7. The number of ether oxygens (including phenoxy) is 1. The minimum atomic E-state index is -0.852. The van der Waals surface area contributed by atoms with Crippen molar-refractivity contribution in [3.05, 3.63) is 0 Å². The average Bonchev–Trinajstić information content (AvgIpc) is 2.26. The molecule has 2 aliphatic rings. The maximum Gasteiger partial charge on any atom is 0.305 e. The standard InChI is InChI=1S/C12H19NO4/c14-10(15)8-12(5-3-6-12)13-11(16)9-4-1-2-7-17-9/h9H,1-8H2,(H,13,16)(H,14,15). The summed E-state index contributed by atoms with van der Waals surface area (Å²) in [6.07, 6.45) is 4.90. The molecule has 0 bridgehead atoms. The van der Waals surface area contributed by atoms with Gasteiger partial charge in [-0.25, -0.2) is 0 Å². The highest BCUT2D eigenvalue weighted by atomic mass is 16.5. The molecule has 0 spiro atoms. The third kappa shape index (κ3) is 2.97. The van der Waals surface area contributed by atoms with E-state index in [2.05, 4.69) is 5.32 Å². The highest BCUT2D eigenvalue weighted by molar-refractivity contribution is 5.82. The van der Waals surface area contributed by atoms with Crippen LogP contribution in [0, 0.1) is 0 Å². The lowest BCUT2D eigenvalue weighted by Crippen LogP contribution is -2.57. The third-order valence-electron chi connectivity index (χ3n) is 3.66. The summed E-state index contributed by atoms with van der Waals surface area (Å²) >= 11 is 0. The van der Waals surface area contributed by atoms with Gasteiger partial charge in [-0.1, -0.05) is 0 Å². The number of carbonyl (C=O) groups is 2. The summed E-state index contributed by atoms with van der Waals surface area (Å²) in [6.45, 7) is 0.629. The van der Waals surface area contributed by atoms with E-state index in [0.29, 0.717) is 6.61 Å². The molecule has 1 aliphatic heterocycles. The molecule has 1 saturated carbocycles. The van der Waals surface area contributed by atoms with Crippen molar-refractivity contribution < 1.29 is 19.4 Å². The first-order chi connectivity index (χ1) is 8.11. The van der Waals surface area contributed by atoms with Gasteiger partial charge in [0.25, 0.3) is 0 Å². The molecule has 5 nitrogen and oxygen atoms in total. The number of carboxylic acids is 1. The van der Waals surface area contributed by atoms with E-state index in [1.165, 1.54) is 0 Å². The third-order valence-corrected chi connectivity index (χ3v) is 3.66. The molecule has 1 unspecified atom stereocenters. The number of carboxylic acid groups (broad SMARTS) is 1. The lowest BCUT2D eigenvalue weighted by Gasteiger charge is -2.42. The number of hydrogen-bond acceptors (Lipinski definition) is 3. The van der Waals surface area contributed by atoms with Crippen molar-refractivity contribution in [3.63, 3.8) is 0 Å². The van der Waals surface area contributed by atoms with E-state index in [1.54, 1.807) is 0 Å². The Morgan fingerprint density at radius 2 is 2.06 bits per heavy atom. The molecule has 0 aromatic heterocycles. The Kier molecular flexibility index (Phi) is 3.66. The van der Waals surface area contributed by atoms with Crippen LogP contribution in [0.3, 0.4) is 0 Å². The number of carbonyl (C=O) groups excluding carboxylic acids is 1. The summed E-state index contributed by atoms with van der Waals surface area (Å²) in [5.74, 6) is -0.986. The summed E-state index contributed by atoms with van der Waals surface area (Å²) in [7, 11) is 0. The van der Waals surface area contributed by atoms with Gasteiger partial charge in [0.2, 0.25) is 5.91 Å². The molecule has 5 heteroatoms. The SMILES string of the molecule is O=C(O)CC1(NC(=O)C2CCCCO2)CCC1. The van der Waals surface area contributed by atoms with Crippen LogP contribution in [0.4, 0.5) is 0 Å². The van der Waals surface area contributed by atoms with Crippen LogP contribution < -0.4 is 5.32 Å². The molecule has 2 rings (SSSR count). The second-order valence-electron chi connectivity index (χ2n) is 5.05. The maximum atomic E-state index is 12.0. The van der Waals surface area contributed by atoms with Crippen LogP contribution in [-0.2, 0) is 14.3 Å². The largest absolute Gasteiger partial charge is 0.481 e. The highest BCUT2D eigenvalue weighted by Crippen LogP contribution is 2.35. The van der Waals surface area contributed by atoms with Crippen LogP contribution >= 0.6 is 0 Å². The van der Waals surface area contributed by atoms with Crippen LogP contribution in [0.25, 0.3) is 0 Å². The number of hydrogen-bond donors (Lipinski definition) is 2. The zero-order valence-corrected chi connectivity index (χ0v) is 9.91. The van der Waals surface area contributed by atoms with Crippen LogP contribution in [-0.4, -0.2) is 35.2 Å². The lowest BCUT2D eigenvalue weighted by atomic mass is 9.74. The Hall–Kier alpha value is -1.10. The Labute approximate surface area is 101 Å². The zero-order chi connectivity index (χ0) is 12.3. The van der Waals surface area contributed by atoms with Crippen molar-refractivity contribution in [2.75, 3.05) is 6.61 Å². The van der Waals surface area contributed by atoms with E-state index in [9.17, 15) is 9.59 Å². The van der Waals surface area contributed by atoms with E-state index >= 15 is 0 Å². The molecule has 1 saturated heterocycles. The van der Waals surface area contributed by atoms with Gasteiger partial charge in [0.05, 0.1) is 12.0 Å². The van der Waals surface area contributed by atoms with Gasteiger partial charge in [-0.3, -0.25) is 9.59 Å². The molecular weight excluding hydrogens is 222 g/mol. The monoisotopic (exact) mass is 241 g/mol. The van der Waals surface area contributed by atoms with E-state index in [0.717, 1.165) is 38.5 Å². The Bertz CT molecular complexity index is 306. The zero-order valence-electron chi connectivity index (χ0n) is 9.91. The second kappa shape index (κ2) is 5.04. The summed E-state index contributed by atoms with van der Waals surface area (Å²) in [4.78, 5) is 22.7. The summed E-state index contributed by atoms with van der Waals surface area (Å²) in [6, 6.07) is 0. The molecule has 96 valence electrons. The average molecular weight is 241 g/mol. The molecule has 1 amide bonds. The molecule has 0 aromatic carbocycles. The molecule has 1 heterocycles. The van der Waals surface area contributed by atoms with Gasteiger partial charge in [0.15, 0.2) is 0 Å². The van der Waals surface area contributed by atoms with Crippen LogP contribution in [0.5, 0.6) is 0 Å². The first-order valence-corrected chi connectivity index (χ1v) is 6.27. The topological polar surface area (TPSA) is 75.6 Å². The van der Waals surface area contributed by atoms with Crippen LogP contribution in [0.2, 0.25) is 0 Å². The predicted octanol–water partition coefficient (Wildman–Crippen LogP) is 1.07. The van der Waals surface area contributed by atoms with Crippen molar-refractivity contribution in [1.29, 1.82) is 0 Å². The van der Waals surface area contributed by atoms with Crippen molar-refractivity contribution in [3.8, 4) is 0 Å². The lowest BCUT2D eigenvalue weighted by molar-refractivity contribution is -0.143. The van der Waals surface area contributed by atoms with E-state index in [1.807, 2.05) is 0 Å². The number of aliphatic carboxylic acids is 1. The predicted molar refractivity (Wildman–Crippen MR) is 60.6 cm³/mol. The quantitative estimate of drug-likeness (QED) is 0.772. The van der Waals surface area contributed by atoms with Gasteiger partial charge in [-0.2, -0.15) is 0 Å². The highest BCUT2D eigenvalue weighted by Gasteiger charge is 2.41. The Morgan fingerprint density at radius 3 is 2.53 bits per heavy atom. The first-order valence-electron chi connectivity index (χ1n) is 6.27. The fraction of sp³-hybridized carbons (Fsp3) is 0.833. The molecular formula is C12H19NO4. The second-order valence-corrected chi connectivity index (χ2v) is 5.05.